The number of aryl methyl sites for hydroxylation is 1. The molecule has 13 rings (SSSR count). The van der Waals surface area contributed by atoms with Crippen LogP contribution in [0, 0.1) is 0 Å². The normalized spacial score (nSPS) is 14.1. The molecule has 284 valence electrons. The molecule has 60 heavy (non-hydrogen) atoms. The van der Waals surface area contributed by atoms with Crippen molar-refractivity contribution in [2.45, 2.75) is 32.1 Å². The van der Waals surface area contributed by atoms with Crippen LogP contribution in [0.1, 0.15) is 41.8 Å². The van der Waals surface area contributed by atoms with Crippen LogP contribution in [0.15, 0.2) is 176 Å². The first-order valence-corrected chi connectivity index (χ1v) is 22.0. The Morgan fingerprint density at radius 2 is 1.13 bits per heavy atom. The predicted molar refractivity (Wildman–Crippen MR) is 257 cm³/mol. The number of aromatic nitrogens is 1. The van der Waals surface area contributed by atoms with Gasteiger partial charge in [-0.25, -0.2) is 0 Å². The summed E-state index contributed by atoms with van der Waals surface area (Å²) in [7, 11) is 0. The van der Waals surface area contributed by atoms with Crippen molar-refractivity contribution in [2.24, 2.45) is 0 Å². The summed E-state index contributed by atoms with van der Waals surface area (Å²) in [6, 6.07) is 63.9. The highest BCUT2D eigenvalue weighted by molar-refractivity contribution is 7.19. The third kappa shape index (κ3) is 4.75. The average Bonchev–Trinajstić information content (AvgIpc) is 4.02. The summed E-state index contributed by atoms with van der Waals surface area (Å²) in [6.45, 7) is 4.69. The summed E-state index contributed by atoms with van der Waals surface area (Å²) in [5.74, 6) is 0. The number of hydrogen-bond donors (Lipinski definition) is 0. The molecule has 0 fully saturated rings. The number of fused-ring (bicyclic) bond motifs is 12. The van der Waals surface area contributed by atoms with Gasteiger partial charge >= 0.3 is 0 Å². The fourth-order valence-electron chi connectivity index (χ4n) is 10.7. The first-order valence-electron chi connectivity index (χ1n) is 21.1. The number of nitrogens with zero attached hydrogens (tertiary/aromatic N) is 2. The zero-order valence-corrected chi connectivity index (χ0v) is 34.4. The Morgan fingerprint density at radius 1 is 0.517 bits per heavy atom. The number of allylic oxidation sites excluding steroid dienone is 1. The molecule has 0 N–H and O–H groups in total. The average molecular weight is 785 g/mol. The van der Waals surface area contributed by atoms with Crippen LogP contribution in [-0.2, 0) is 11.8 Å². The van der Waals surface area contributed by atoms with Gasteiger partial charge in [-0.15, -0.1) is 11.3 Å². The second kappa shape index (κ2) is 12.5. The van der Waals surface area contributed by atoms with E-state index in [0.717, 1.165) is 29.9 Å². The first-order chi connectivity index (χ1) is 29.5. The van der Waals surface area contributed by atoms with Crippen molar-refractivity contribution in [2.75, 3.05) is 4.90 Å². The minimum Gasteiger partial charge on any atom is -0.308 e. The second-order valence-electron chi connectivity index (χ2n) is 17.2. The lowest BCUT2D eigenvalue weighted by Crippen LogP contribution is -2.14. The lowest BCUT2D eigenvalue weighted by molar-refractivity contribution is 0.660. The maximum atomic E-state index is 2.51. The van der Waals surface area contributed by atoms with Crippen molar-refractivity contribution >= 4 is 82.7 Å². The monoisotopic (exact) mass is 784 g/mol. The van der Waals surface area contributed by atoms with E-state index in [9.17, 15) is 0 Å². The van der Waals surface area contributed by atoms with E-state index in [2.05, 4.69) is 205 Å². The zero-order chi connectivity index (χ0) is 39.7. The van der Waals surface area contributed by atoms with Crippen LogP contribution < -0.4 is 4.90 Å². The van der Waals surface area contributed by atoms with Crippen molar-refractivity contribution in [3.8, 4) is 33.4 Å². The number of benzene rings is 8. The highest BCUT2D eigenvalue weighted by Crippen LogP contribution is 2.50. The molecule has 0 spiro atoms. The van der Waals surface area contributed by atoms with E-state index in [1.807, 2.05) is 11.3 Å². The molecule has 3 heterocycles. The summed E-state index contributed by atoms with van der Waals surface area (Å²) in [5.41, 5.74) is 19.0. The van der Waals surface area contributed by atoms with Gasteiger partial charge in [0.2, 0.25) is 0 Å². The van der Waals surface area contributed by atoms with Crippen molar-refractivity contribution in [1.29, 1.82) is 0 Å². The molecular weight excluding hydrogens is 745 g/mol. The molecule has 3 aromatic heterocycles. The molecular formula is C57H40N2S. The largest absolute Gasteiger partial charge is 0.308 e. The van der Waals surface area contributed by atoms with Gasteiger partial charge < -0.3 is 9.30 Å². The van der Waals surface area contributed by atoms with Crippen LogP contribution in [-0.4, -0.2) is 4.40 Å². The molecule has 0 aliphatic heterocycles. The number of thiophene rings is 1. The standard InChI is InChI=1S/C57H40N2S/c1-57(2)49-17-6-3-11-41(49)47-33-37(25-31-50(47)57)35-21-27-39(28-22-35)58(40-29-23-36(24-30-40)38-26-32-54-48(34-38)43-13-5-8-20-53(43)60-54)52-19-10-16-46-45-15-9-14-44-42-12-4-7-18-51(42)59(55(44)45)56(46)52/h3-7,9-19,21-34H,8,20H2,1-2H3. The molecule has 0 radical (unpaired) electrons. The third-order valence-electron chi connectivity index (χ3n) is 13.6. The Labute approximate surface area is 353 Å². The Hall–Kier alpha value is -6.94. The molecule has 11 aromatic rings. The first kappa shape index (κ1) is 34.0. The number of rotatable bonds is 5. The van der Waals surface area contributed by atoms with E-state index < -0.39 is 0 Å². The van der Waals surface area contributed by atoms with Crippen molar-refractivity contribution < 1.29 is 0 Å². The molecule has 2 aliphatic carbocycles. The fourth-order valence-corrected chi connectivity index (χ4v) is 11.9. The fraction of sp³-hybridized carbons (Fsp3) is 0.0877. The molecule has 0 unspecified atom stereocenters. The van der Waals surface area contributed by atoms with Gasteiger partial charge in [-0.2, -0.15) is 0 Å². The molecule has 0 saturated heterocycles. The minimum absolute atomic E-state index is 0.00990. The molecule has 3 heteroatoms. The number of anilines is 3. The number of hydrogen-bond acceptors (Lipinski definition) is 2. The van der Waals surface area contributed by atoms with E-state index in [4.69, 9.17) is 0 Å². The van der Waals surface area contributed by atoms with Gasteiger partial charge in [-0.1, -0.05) is 141 Å². The summed E-state index contributed by atoms with van der Waals surface area (Å²) in [5, 5.41) is 6.50. The quantitative estimate of drug-likeness (QED) is 0.169. The smallest absolute Gasteiger partial charge is 0.0782 e. The highest BCUT2D eigenvalue weighted by Gasteiger charge is 2.35. The molecule has 0 bridgehead atoms. The molecule has 0 atom stereocenters. The second-order valence-corrected chi connectivity index (χ2v) is 18.3. The van der Waals surface area contributed by atoms with Crippen LogP contribution in [0.3, 0.4) is 0 Å². The van der Waals surface area contributed by atoms with Gasteiger partial charge in [0, 0.05) is 53.3 Å². The van der Waals surface area contributed by atoms with Gasteiger partial charge in [-0.05, 0) is 118 Å². The highest BCUT2D eigenvalue weighted by atomic mass is 32.1. The van der Waals surface area contributed by atoms with Crippen LogP contribution in [0.4, 0.5) is 17.1 Å². The van der Waals surface area contributed by atoms with Gasteiger partial charge in [-0.3, -0.25) is 0 Å². The lowest BCUT2D eigenvalue weighted by Gasteiger charge is -2.27. The summed E-state index contributed by atoms with van der Waals surface area (Å²) >= 11 is 1.95. The summed E-state index contributed by atoms with van der Waals surface area (Å²) < 4.78 is 3.89. The maximum absolute atomic E-state index is 2.51. The van der Waals surface area contributed by atoms with Crippen LogP contribution in [0.2, 0.25) is 0 Å². The van der Waals surface area contributed by atoms with Crippen LogP contribution in [0.25, 0.3) is 87.6 Å². The van der Waals surface area contributed by atoms with Crippen molar-refractivity contribution in [3.63, 3.8) is 0 Å². The van der Waals surface area contributed by atoms with E-state index >= 15 is 0 Å². The van der Waals surface area contributed by atoms with Gasteiger partial charge in [0.1, 0.15) is 0 Å². The van der Waals surface area contributed by atoms with E-state index in [-0.39, 0.29) is 5.41 Å². The molecule has 2 nitrogen and oxygen atoms in total. The van der Waals surface area contributed by atoms with E-state index in [1.165, 1.54) is 103 Å². The molecule has 8 aromatic carbocycles. The zero-order valence-electron chi connectivity index (χ0n) is 33.5. The van der Waals surface area contributed by atoms with Gasteiger partial charge in [0.05, 0.1) is 22.2 Å². The number of para-hydroxylation sites is 3. The Bertz CT molecular complexity index is 3560. The van der Waals surface area contributed by atoms with Crippen molar-refractivity contribution in [3.05, 3.63) is 198 Å². The molecule has 2 aliphatic rings. The Balaban J connectivity index is 0.974. The molecule has 0 saturated carbocycles. The van der Waals surface area contributed by atoms with E-state index in [1.54, 1.807) is 0 Å². The minimum atomic E-state index is -0.00990. The third-order valence-corrected chi connectivity index (χ3v) is 14.8. The molecule has 0 amide bonds. The SMILES string of the molecule is CC1(C)c2ccccc2-c2cc(-c3ccc(N(c4ccc(-c5ccc6sc7c(c6c5)C=CCC7)cc4)c4cccc5c6cccc7c8ccccc8n(c45)c76)cc3)ccc21. The van der Waals surface area contributed by atoms with E-state index in [0.29, 0.717) is 0 Å². The Morgan fingerprint density at radius 3 is 1.93 bits per heavy atom. The topological polar surface area (TPSA) is 7.65 Å². The van der Waals surface area contributed by atoms with Crippen LogP contribution >= 0.6 is 11.3 Å². The van der Waals surface area contributed by atoms with Gasteiger partial charge in [0.15, 0.2) is 0 Å². The maximum Gasteiger partial charge on any atom is 0.0782 e. The lowest BCUT2D eigenvalue weighted by atomic mass is 9.82. The van der Waals surface area contributed by atoms with Crippen molar-refractivity contribution in [1.82, 2.24) is 4.40 Å². The summed E-state index contributed by atoms with van der Waals surface area (Å²) in [6.07, 6.45) is 6.93. The van der Waals surface area contributed by atoms with Crippen LogP contribution in [0.5, 0.6) is 0 Å². The predicted octanol–water partition coefficient (Wildman–Crippen LogP) is 16.1. The van der Waals surface area contributed by atoms with Gasteiger partial charge in [0.25, 0.3) is 0 Å². The summed E-state index contributed by atoms with van der Waals surface area (Å²) in [4.78, 5) is 3.97. The Kier molecular flexibility index (Phi) is 7.10.